The van der Waals surface area contributed by atoms with E-state index in [-0.39, 0.29) is 11.7 Å². The fraction of sp³-hybridized carbons (Fsp3) is 0.769. The fourth-order valence-corrected chi connectivity index (χ4v) is 2.26. The maximum absolute atomic E-state index is 11.4. The van der Waals surface area contributed by atoms with Crippen molar-refractivity contribution >= 4 is 17.7 Å². The van der Waals surface area contributed by atoms with E-state index in [2.05, 4.69) is 22.1 Å². The molecule has 19 heavy (non-hydrogen) atoms. The Morgan fingerprint density at radius 2 is 2.00 bits per heavy atom. The Hall–Kier alpha value is -1.04. The molecule has 5 nitrogen and oxygen atoms in total. The number of thioether (sulfide) groups is 1. The van der Waals surface area contributed by atoms with E-state index in [9.17, 15) is 4.79 Å². The van der Waals surface area contributed by atoms with Gasteiger partial charge in [-0.25, -0.2) is 4.98 Å². The Labute approximate surface area is 118 Å². The zero-order valence-electron chi connectivity index (χ0n) is 11.8. The highest BCUT2D eigenvalue weighted by Crippen LogP contribution is 2.12. The number of aromatic nitrogens is 3. The van der Waals surface area contributed by atoms with Crippen LogP contribution in [0.25, 0.3) is 0 Å². The molecule has 1 aromatic heterocycles. The molecule has 0 unspecified atom stereocenters. The molecule has 0 radical (unpaired) electrons. The molecule has 0 atom stereocenters. The second-order valence-corrected chi connectivity index (χ2v) is 5.42. The summed E-state index contributed by atoms with van der Waals surface area (Å²) in [5.74, 6) is 0.830. The van der Waals surface area contributed by atoms with Gasteiger partial charge in [0.25, 0.3) is 0 Å². The molecular formula is C13H23N3O2S. The molecule has 0 bridgehead atoms. The number of H-pyrrole nitrogens is 1. The molecule has 1 rings (SSSR count). The first-order valence-corrected chi connectivity index (χ1v) is 7.88. The second kappa shape index (κ2) is 9.83. The average Bonchev–Trinajstić information content (AvgIpc) is 2.81. The molecule has 1 N–H and O–H groups in total. The Morgan fingerprint density at radius 3 is 2.68 bits per heavy atom. The standard InChI is InChI=1S/C13H23N3O2S/c1-3-4-5-6-7-8-9-18-12(17)10-19-13-14-11(2)15-16-13/h3-10H2,1-2H3,(H,14,15,16). The van der Waals surface area contributed by atoms with Crippen molar-refractivity contribution in [2.45, 2.75) is 57.5 Å². The molecule has 0 aliphatic carbocycles. The predicted octanol–water partition coefficient (Wildman–Crippen LogP) is 3.11. The summed E-state index contributed by atoms with van der Waals surface area (Å²) in [6.07, 6.45) is 7.17. The summed E-state index contributed by atoms with van der Waals surface area (Å²) < 4.78 is 5.15. The van der Waals surface area contributed by atoms with Crippen LogP contribution in [0, 0.1) is 6.92 Å². The summed E-state index contributed by atoms with van der Waals surface area (Å²) >= 11 is 1.30. The molecule has 0 saturated carbocycles. The summed E-state index contributed by atoms with van der Waals surface area (Å²) in [6.45, 7) is 4.56. The number of aromatic amines is 1. The SMILES string of the molecule is CCCCCCCCOC(=O)CSc1n[nH]c(C)n1. The van der Waals surface area contributed by atoms with E-state index in [1.54, 1.807) is 0 Å². The van der Waals surface area contributed by atoms with Crippen molar-refractivity contribution in [1.29, 1.82) is 0 Å². The lowest BCUT2D eigenvalue weighted by Gasteiger charge is -2.03. The third-order valence-electron chi connectivity index (χ3n) is 2.66. The van der Waals surface area contributed by atoms with Crippen molar-refractivity contribution < 1.29 is 9.53 Å². The van der Waals surface area contributed by atoms with Crippen molar-refractivity contribution in [2.24, 2.45) is 0 Å². The number of ether oxygens (including phenoxy) is 1. The second-order valence-electron chi connectivity index (χ2n) is 4.48. The van der Waals surface area contributed by atoms with Gasteiger partial charge in [-0.1, -0.05) is 50.8 Å². The Morgan fingerprint density at radius 1 is 1.26 bits per heavy atom. The van der Waals surface area contributed by atoms with E-state index in [1.807, 2.05) is 6.92 Å². The highest BCUT2D eigenvalue weighted by molar-refractivity contribution is 7.99. The highest BCUT2D eigenvalue weighted by Gasteiger charge is 2.07. The van der Waals surface area contributed by atoms with Gasteiger partial charge in [-0.05, 0) is 13.3 Å². The predicted molar refractivity (Wildman–Crippen MR) is 76.2 cm³/mol. The lowest BCUT2D eigenvalue weighted by molar-refractivity contribution is -0.140. The maximum atomic E-state index is 11.4. The number of nitrogens with zero attached hydrogens (tertiary/aromatic N) is 2. The molecule has 0 fully saturated rings. The minimum atomic E-state index is -0.194. The van der Waals surface area contributed by atoms with Gasteiger partial charge in [0.2, 0.25) is 5.16 Å². The van der Waals surface area contributed by atoms with Crippen LogP contribution in [0.1, 0.15) is 51.3 Å². The number of carbonyl (C=O) groups is 1. The van der Waals surface area contributed by atoms with E-state index in [0.717, 1.165) is 18.7 Å². The lowest BCUT2D eigenvalue weighted by Crippen LogP contribution is -2.08. The number of carbonyl (C=O) groups excluding carboxylic acids is 1. The van der Waals surface area contributed by atoms with E-state index in [1.165, 1.54) is 37.4 Å². The van der Waals surface area contributed by atoms with Crippen LogP contribution >= 0.6 is 11.8 Å². The summed E-state index contributed by atoms with van der Waals surface area (Å²) in [5.41, 5.74) is 0. The number of esters is 1. The van der Waals surface area contributed by atoms with Crippen molar-refractivity contribution in [3.8, 4) is 0 Å². The van der Waals surface area contributed by atoms with Crippen molar-refractivity contribution in [3.05, 3.63) is 5.82 Å². The first kappa shape index (κ1) is 16.0. The van der Waals surface area contributed by atoms with Gasteiger partial charge in [0.1, 0.15) is 5.82 Å². The van der Waals surface area contributed by atoms with Gasteiger partial charge in [-0.15, -0.1) is 5.10 Å². The number of hydrogen-bond acceptors (Lipinski definition) is 5. The zero-order chi connectivity index (χ0) is 13.9. The number of aryl methyl sites for hydroxylation is 1. The molecule has 1 aromatic rings. The van der Waals surface area contributed by atoms with Crippen LogP contribution in [0.2, 0.25) is 0 Å². The van der Waals surface area contributed by atoms with E-state index in [4.69, 9.17) is 4.74 Å². The van der Waals surface area contributed by atoms with Crippen LogP contribution in [-0.2, 0) is 9.53 Å². The van der Waals surface area contributed by atoms with E-state index < -0.39 is 0 Å². The molecule has 0 saturated heterocycles. The first-order valence-electron chi connectivity index (χ1n) is 6.89. The van der Waals surface area contributed by atoms with Crippen LogP contribution < -0.4 is 0 Å². The Balaban J connectivity index is 1.96. The molecule has 0 aliphatic rings. The van der Waals surface area contributed by atoms with Gasteiger partial charge in [0.15, 0.2) is 0 Å². The molecule has 0 aromatic carbocycles. The molecule has 0 amide bonds. The van der Waals surface area contributed by atoms with Crippen molar-refractivity contribution in [2.75, 3.05) is 12.4 Å². The van der Waals surface area contributed by atoms with Crippen molar-refractivity contribution in [3.63, 3.8) is 0 Å². The molecule has 0 aliphatic heterocycles. The Bertz CT molecular complexity index is 369. The Kier molecular flexibility index (Phi) is 8.29. The van der Waals surface area contributed by atoms with Gasteiger partial charge in [0.05, 0.1) is 12.4 Å². The number of nitrogens with one attached hydrogen (secondary N) is 1. The van der Waals surface area contributed by atoms with Crippen LogP contribution in [0.4, 0.5) is 0 Å². The van der Waals surface area contributed by atoms with Crippen LogP contribution in [-0.4, -0.2) is 33.5 Å². The molecule has 0 spiro atoms. The normalized spacial score (nSPS) is 10.6. The fourth-order valence-electron chi connectivity index (χ4n) is 1.62. The van der Waals surface area contributed by atoms with Crippen LogP contribution in [0.15, 0.2) is 5.16 Å². The third-order valence-corrected chi connectivity index (χ3v) is 3.48. The van der Waals surface area contributed by atoms with E-state index in [0.29, 0.717) is 11.8 Å². The van der Waals surface area contributed by atoms with Gasteiger partial charge in [-0.2, -0.15) is 0 Å². The molecular weight excluding hydrogens is 262 g/mol. The smallest absolute Gasteiger partial charge is 0.316 e. The topological polar surface area (TPSA) is 67.9 Å². The summed E-state index contributed by atoms with van der Waals surface area (Å²) in [5, 5.41) is 7.27. The summed E-state index contributed by atoms with van der Waals surface area (Å²) in [4.78, 5) is 15.6. The minimum absolute atomic E-state index is 0.194. The quantitative estimate of drug-likeness (QED) is 0.406. The van der Waals surface area contributed by atoms with Crippen LogP contribution in [0.3, 0.4) is 0 Å². The first-order chi connectivity index (χ1) is 9.22. The van der Waals surface area contributed by atoms with Gasteiger partial charge in [0, 0.05) is 0 Å². The lowest BCUT2D eigenvalue weighted by atomic mass is 10.1. The highest BCUT2D eigenvalue weighted by atomic mass is 32.2. The molecule has 6 heteroatoms. The summed E-state index contributed by atoms with van der Waals surface area (Å²) in [7, 11) is 0. The molecule has 1 heterocycles. The average molecular weight is 285 g/mol. The number of unbranched alkanes of at least 4 members (excludes halogenated alkanes) is 5. The zero-order valence-corrected chi connectivity index (χ0v) is 12.6. The van der Waals surface area contributed by atoms with Gasteiger partial charge in [-0.3, -0.25) is 9.89 Å². The molecule has 108 valence electrons. The largest absolute Gasteiger partial charge is 0.465 e. The van der Waals surface area contributed by atoms with Crippen molar-refractivity contribution in [1.82, 2.24) is 15.2 Å². The van der Waals surface area contributed by atoms with Gasteiger partial charge < -0.3 is 4.74 Å². The van der Waals surface area contributed by atoms with Crippen LogP contribution in [0.5, 0.6) is 0 Å². The number of hydrogen-bond donors (Lipinski definition) is 1. The maximum Gasteiger partial charge on any atom is 0.316 e. The third kappa shape index (κ3) is 7.87. The summed E-state index contributed by atoms with van der Waals surface area (Å²) in [6, 6.07) is 0. The minimum Gasteiger partial charge on any atom is -0.465 e. The van der Waals surface area contributed by atoms with Gasteiger partial charge >= 0.3 is 5.97 Å². The van der Waals surface area contributed by atoms with E-state index >= 15 is 0 Å². The monoisotopic (exact) mass is 285 g/mol. The number of rotatable bonds is 10.